The van der Waals surface area contributed by atoms with E-state index < -0.39 is 0 Å². The molecule has 5 heteroatoms. The highest BCUT2D eigenvalue weighted by molar-refractivity contribution is 9.10. The normalized spacial score (nSPS) is 16.9. The largest absolute Gasteiger partial charge is 0.335 e. The molecular weight excluding hydrogens is 396 g/mol. The van der Waals surface area contributed by atoms with Gasteiger partial charge in [0.05, 0.1) is 6.04 Å². The van der Waals surface area contributed by atoms with Gasteiger partial charge >= 0.3 is 0 Å². The van der Waals surface area contributed by atoms with Gasteiger partial charge in [-0.25, -0.2) is 0 Å². The molecule has 25 heavy (non-hydrogen) atoms. The van der Waals surface area contributed by atoms with Crippen molar-refractivity contribution in [2.24, 2.45) is 4.99 Å². The van der Waals surface area contributed by atoms with Crippen LogP contribution in [0, 0.1) is 0 Å². The van der Waals surface area contributed by atoms with Gasteiger partial charge in [-0.3, -0.25) is 9.79 Å². The molecule has 0 bridgehead atoms. The zero-order valence-electron chi connectivity index (χ0n) is 13.9. The monoisotopic (exact) mass is 414 g/mol. The molecule has 1 heterocycles. The lowest BCUT2D eigenvalue weighted by molar-refractivity contribution is 0.104. The van der Waals surface area contributed by atoms with E-state index >= 15 is 0 Å². The molecule has 0 saturated heterocycles. The summed E-state index contributed by atoms with van der Waals surface area (Å²) >= 11 is 5.15. The maximum Gasteiger partial charge on any atom is 0.185 e. The van der Waals surface area contributed by atoms with Gasteiger partial charge in [-0.05, 0) is 54.5 Å². The van der Waals surface area contributed by atoms with Crippen LogP contribution in [0.15, 0.2) is 64.1 Å². The van der Waals surface area contributed by atoms with Crippen LogP contribution in [-0.4, -0.2) is 22.7 Å². The number of hydrogen-bond donors (Lipinski definition) is 1. The van der Waals surface area contributed by atoms with Crippen molar-refractivity contribution in [3.63, 3.8) is 0 Å². The maximum absolute atomic E-state index is 12.3. The Hall–Kier alpha value is -1.85. The molecule has 0 fully saturated rings. The van der Waals surface area contributed by atoms with Crippen LogP contribution in [0.5, 0.6) is 0 Å². The first-order valence-electron chi connectivity index (χ1n) is 8.19. The van der Waals surface area contributed by atoms with Gasteiger partial charge in [0.2, 0.25) is 0 Å². The third kappa shape index (κ3) is 5.06. The molecule has 0 aliphatic carbocycles. The van der Waals surface area contributed by atoms with Crippen molar-refractivity contribution in [1.29, 1.82) is 0 Å². The zero-order valence-corrected chi connectivity index (χ0v) is 16.3. The van der Waals surface area contributed by atoms with E-state index in [-0.39, 0.29) is 5.78 Å². The van der Waals surface area contributed by atoms with Gasteiger partial charge in [0, 0.05) is 21.5 Å². The Morgan fingerprint density at radius 2 is 1.96 bits per heavy atom. The summed E-state index contributed by atoms with van der Waals surface area (Å²) in [6, 6.07) is 15.8. The van der Waals surface area contributed by atoms with E-state index in [4.69, 9.17) is 0 Å². The number of allylic oxidation sites excluding steroid dienone is 1. The lowest BCUT2D eigenvalue weighted by Gasteiger charge is -2.05. The van der Waals surface area contributed by atoms with E-state index in [1.54, 1.807) is 17.8 Å². The minimum absolute atomic E-state index is 0.00639. The standard InChI is InChI=1S/C20H19BrN2OS/c1-2-17-13-25-20(22-17)23-18-10-6-15(7-11-18)19(24)12-5-14-3-8-16(21)9-4-14/h3-12,17H,2,13H2,1H3,(H,22,23)/b12-5+/t17-/m0/s1. The van der Waals surface area contributed by atoms with Gasteiger partial charge in [0.15, 0.2) is 11.0 Å². The Balaban J connectivity index is 1.61. The van der Waals surface area contributed by atoms with Crippen molar-refractivity contribution < 1.29 is 4.79 Å². The third-order valence-corrected chi connectivity index (χ3v) is 5.46. The van der Waals surface area contributed by atoms with Crippen LogP contribution in [0.25, 0.3) is 6.08 Å². The van der Waals surface area contributed by atoms with Crippen LogP contribution in [0.4, 0.5) is 5.69 Å². The second kappa shape index (κ2) is 8.50. The molecule has 2 aromatic rings. The molecule has 0 radical (unpaired) electrons. The number of halogens is 1. The van der Waals surface area contributed by atoms with Gasteiger partial charge < -0.3 is 5.32 Å². The molecule has 1 atom stereocenters. The predicted octanol–water partition coefficient (Wildman–Crippen LogP) is 5.64. The SMILES string of the molecule is CC[C@H]1CSC(Nc2ccc(C(=O)/C=C/c3ccc(Br)cc3)cc2)=N1. The maximum atomic E-state index is 12.3. The minimum atomic E-state index is -0.00639. The summed E-state index contributed by atoms with van der Waals surface area (Å²) < 4.78 is 1.02. The fourth-order valence-corrected chi connectivity index (χ4v) is 3.71. The number of benzene rings is 2. The number of thioether (sulfide) groups is 1. The number of rotatable bonds is 5. The van der Waals surface area contributed by atoms with Crippen LogP contribution < -0.4 is 5.32 Å². The Morgan fingerprint density at radius 1 is 1.24 bits per heavy atom. The number of amidine groups is 1. The second-order valence-electron chi connectivity index (χ2n) is 5.76. The van der Waals surface area contributed by atoms with Gasteiger partial charge in [0.1, 0.15) is 0 Å². The van der Waals surface area contributed by atoms with Crippen molar-refractivity contribution in [3.8, 4) is 0 Å². The molecule has 1 aliphatic rings. The molecule has 0 aromatic heterocycles. The molecule has 1 N–H and O–H groups in total. The first-order valence-corrected chi connectivity index (χ1v) is 9.97. The summed E-state index contributed by atoms with van der Waals surface area (Å²) in [6.45, 7) is 2.15. The zero-order chi connectivity index (χ0) is 17.6. The molecule has 3 nitrogen and oxygen atoms in total. The van der Waals surface area contributed by atoms with Gasteiger partial charge in [-0.1, -0.05) is 52.8 Å². The smallest absolute Gasteiger partial charge is 0.185 e. The minimum Gasteiger partial charge on any atom is -0.335 e. The van der Waals surface area contributed by atoms with Crippen molar-refractivity contribution in [2.75, 3.05) is 11.1 Å². The average molecular weight is 415 g/mol. The first-order chi connectivity index (χ1) is 12.1. The fourth-order valence-electron chi connectivity index (χ4n) is 2.38. The molecule has 0 saturated carbocycles. The average Bonchev–Trinajstić information content (AvgIpc) is 3.09. The number of hydrogen-bond acceptors (Lipinski definition) is 4. The van der Waals surface area contributed by atoms with Crippen molar-refractivity contribution >= 4 is 50.4 Å². The van der Waals surface area contributed by atoms with Crippen molar-refractivity contribution in [3.05, 3.63) is 70.2 Å². The van der Waals surface area contributed by atoms with Crippen molar-refractivity contribution in [1.82, 2.24) is 0 Å². The predicted molar refractivity (Wildman–Crippen MR) is 112 cm³/mol. The van der Waals surface area contributed by atoms with Gasteiger partial charge in [-0.2, -0.15) is 0 Å². The number of carbonyl (C=O) groups is 1. The van der Waals surface area contributed by atoms with Crippen molar-refractivity contribution in [2.45, 2.75) is 19.4 Å². The molecule has 128 valence electrons. The molecule has 0 spiro atoms. The van der Waals surface area contributed by atoms with Crippen LogP contribution in [-0.2, 0) is 0 Å². The fraction of sp³-hybridized carbons (Fsp3) is 0.200. The summed E-state index contributed by atoms with van der Waals surface area (Å²) in [5, 5.41) is 4.27. The molecule has 0 unspecified atom stereocenters. The summed E-state index contributed by atoms with van der Waals surface area (Å²) in [6.07, 6.45) is 4.50. The highest BCUT2D eigenvalue weighted by Crippen LogP contribution is 2.22. The lowest BCUT2D eigenvalue weighted by atomic mass is 10.1. The van der Waals surface area contributed by atoms with Crippen LogP contribution in [0.3, 0.4) is 0 Å². The number of aliphatic imine (C=N–C) groups is 1. The van der Waals surface area contributed by atoms with E-state index in [1.807, 2.05) is 54.6 Å². The molecule has 3 rings (SSSR count). The summed E-state index contributed by atoms with van der Waals surface area (Å²) in [4.78, 5) is 16.9. The number of ketones is 1. The Labute approximate surface area is 160 Å². The van der Waals surface area contributed by atoms with E-state index in [1.165, 1.54) is 0 Å². The van der Waals surface area contributed by atoms with Gasteiger partial charge in [0.25, 0.3) is 0 Å². The topological polar surface area (TPSA) is 41.5 Å². The number of carbonyl (C=O) groups excluding carboxylic acids is 1. The summed E-state index contributed by atoms with van der Waals surface area (Å²) in [7, 11) is 0. The lowest BCUT2D eigenvalue weighted by Crippen LogP contribution is -2.05. The van der Waals surface area contributed by atoms with E-state index in [0.717, 1.165) is 33.1 Å². The quantitative estimate of drug-likeness (QED) is 0.508. The van der Waals surface area contributed by atoms with E-state index in [9.17, 15) is 4.79 Å². The summed E-state index contributed by atoms with van der Waals surface area (Å²) in [5.41, 5.74) is 2.62. The molecular formula is C20H19BrN2OS. The number of nitrogens with one attached hydrogen (secondary N) is 1. The highest BCUT2D eigenvalue weighted by atomic mass is 79.9. The van der Waals surface area contributed by atoms with Crippen LogP contribution in [0.2, 0.25) is 0 Å². The van der Waals surface area contributed by atoms with E-state index in [2.05, 4.69) is 33.2 Å². The molecule has 0 amide bonds. The van der Waals surface area contributed by atoms with Crippen LogP contribution in [0.1, 0.15) is 29.3 Å². The summed E-state index contributed by atoms with van der Waals surface area (Å²) in [5.74, 6) is 1.03. The number of nitrogens with zero attached hydrogens (tertiary/aromatic N) is 1. The Bertz CT molecular complexity index is 797. The number of anilines is 1. The molecule has 1 aliphatic heterocycles. The Morgan fingerprint density at radius 3 is 2.60 bits per heavy atom. The van der Waals surface area contributed by atoms with Crippen LogP contribution >= 0.6 is 27.7 Å². The highest BCUT2D eigenvalue weighted by Gasteiger charge is 2.16. The molecule has 2 aromatic carbocycles. The first kappa shape index (κ1) is 18.0. The third-order valence-electron chi connectivity index (χ3n) is 3.90. The second-order valence-corrected chi connectivity index (χ2v) is 7.68. The van der Waals surface area contributed by atoms with E-state index in [0.29, 0.717) is 11.6 Å². The Kier molecular flexibility index (Phi) is 6.10. The van der Waals surface area contributed by atoms with Gasteiger partial charge in [-0.15, -0.1) is 0 Å².